The Morgan fingerprint density at radius 2 is 1.88 bits per heavy atom. The number of nitrogen functional groups attached to an aromatic ring is 1. The Morgan fingerprint density at radius 3 is 2.71 bits per heavy atom. The molecule has 0 aliphatic rings. The lowest BCUT2D eigenvalue weighted by Crippen LogP contribution is -1.95. The van der Waals surface area contributed by atoms with Crippen LogP contribution in [-0.2, 0) is 6.42 Å². The second-order valence-corrected chi connectivity index (χ2v) is 4.92. The maximum absolute atomic E-state index is 5.66. The van der Waals surface area contributed by atoms with Gasteiger partial charge in [0.2, 0.25) is 0 Å². The first-order valence-corrected chi connectivity index (χ1v) is 6.19. The number of nitrogens with two attached hydrogens (primary N) is 1. The van der Waals surface area contributed by atoms with Crippen molar-refractivity contribution in [1.29, 1.82) is 0 Å². The zero-order valence-electron chi connectivity index (χ0n) is 9.13. The standard InChI is InChI=1S/C13H11N3S/c14-12-7-3-4-9(15-12)8-13-16-10-5-1-2-6-11(10)17-13/h1-7H,8H2,(H2,14,15). The molecule has 0 atom stereocenters. The summed E-state index contributed by atoms with van der Waals surface area (Å²) in [5.74, 6) is 0.559. The molecule has 0 aliphatic carbocycles. The highest BCUT2D eigenvalue weighted by Crippen LogP contribution is 2.23. The van der Waals surface area contributed by atoms with E-state index in [1.807, 2.05) is 30.3 Å². The average molecular weight is 241 g/mol. The van der Waals surface area contributed by atoms with Crippen LogP contribution < -0.4 is 5.73 Å². The second kappa shape index (κ2) is 4.14. The van der Waals surface area contributed by atoms with Crippen molar-refractivity contribution in [2.75, 3.05) is 5.73 Å². The SMILES string of the molecule is Nc1cccc(Cc2nc3ccccc3s2)n1. The molecule has 2 aromatic heterocycles. The summed E-state index contributed by atoms with van der Waals surface area (Å²) in [5.41, 5.74) is 7.67. The molecular weight excluding hydrogens is 230 g/mol. The Kier molecular flexibility index (Phi) is 2.49. The predicted molar refractivity (Wildman–Crippen MR) is 71.1 cm³/mol. The third-order valence-corrected chi connectivity index (χ3v) is 3.54. The highest BCUT2D eigenvalue weighted by Gasteiger charge is 2.05. The lowest BCUT2D eigenvalue weighted by molar-refractivity contribution is 1.06. The molecule has 84 valence electrons. The number of thiazole rings is 1. The van der Waals surface area contributed by atoms with Gasteiger partial charge in [0.15, 0.2) is 0 Å². The molecule has 2 N–H and O–H groups in total. The number of nitrogens with zero attached hydrogens (tertiary/aromatic N) is 2. The number of anilines is 1. The number of hydrogen-bond donors (Lipinski definition) is 1. The second-order valence-electron chi connectivity index (χ2n) is 3.81. The van der Waals surface area contributed by atoms with Crippen molar-refractivity contribution < 1.29 is 0 Å². The van der Waals surface area contributed by atoms with Gasteiger partial charge in [-0.25, -0.2) is 9.97 Å². The summed E-state index contributed by atoms with van der Waals surface area (Å²) in [7, 11) is 0. The van der Waals surface area contributed by atoms with Crippen LogP contribution in [0.3, 0.4) is 0 Å². The maximum atomic E-state index is 5.66. The van der Waals surface area contributed by atoms with Gasteiger partial charge in [0.25, 0.3) is 0 Å². The lowest BCUT2D eigenvalue weighted by Gasteiger charge is -1.97. The van der Waals surface area contributed by atoms with E-state index in [4.69, 9.17) is 5.73 Å². The van der Waals surface area contributed by atoms with Crippen LogP contribution in [0.5, 0.6) is 0 Å². The van der Waals surface area contributed by atoms with E-state index >= 15 is 0 Å². The Balaban J connectivity index is 1.94. The minimum atomic E-state index is 0.559. The molecule has 0 fully saturated rings. The molecule has 1 aromatic carbocycles. The molecule has 0 unspecified atom stereocenters. The molecule has 17 heavy (non-hydrogen) atoms. The van der Waals surface area contributed by atoms with Crippen LogP contribution in [0.2, 0.25) is 0 Å². The average Bonchev–Trinajstić information content (AvgIpc) is 2.71. The topological polar surface area (TPSA) is 51.8 Å². The van der Waals surface area contributed by atoms with Crippen molar-refractivity contribution in [2.24, 2.45) is 0 Å². The van der Waals surface area contributed by atoms with E-state index in [2.05, 4.69) is 16.0 Å². The van der Waals surface area contributed by atoms with Gasteiger partial charge in [0.05, 0.1) is 15.2 Å². The summed E-state index contributed by atoms with van der Waals surface area (Å²) in [6.45, 7) is 0. The van der Waals surface area contributed by atoms with Gasteiger partial charge in [-0.3, -0.25) is 0 Å². The summed E-state index contributed by atoms with van der Waals surface area (Å²) < 4.78 is 1.21. The zero-order chi connectivity index (χ0) is 11.7. The molecule has 0 bridgehead atoms. The molecule has 3 aromatic rings. The van der Waals surface area contributed by atoms with Gasteiger partial charge in [-0.2, -0.15) is 0 Å². The van der Waals surface area contributed by atoms with E-state index in [0.29, 0.717) is 5.82 Å². The van der Waals surface area contributed by atoms with Crippen molar-refractivity contribution in [1.82, 2.24) is 9.97 Å². The molecule has 2 heterocycles. The van der Waals surface area contributed by atoms with E-state index in [1.165, 1.54) is 4.70 Å². The van der Waals surface area contributed by atoms with Crippen molar-refractivity contribution >= 4 is 27.4 Å². The minimum absolute atomic E-state index is 0.559. The molecule has 0 saturated carbocycles. The fraction of sp³-hybridized carbons (Fsp3) is 0.0769. The molecule has 3 nitrogen and oxygen atoms in total. The van der Waals surface area contributed by atoms with Crippen LogP contribution >= 0.6 is 11.3 Å². The number of hydrogen-bond acceptors (Lipinski definition) is 4. The van der Waals surface area contributed by atoms with Gasteiger partial charge >= 0.3 is 0 Å². The fourth-order valence-electron chi connectivity index (χ4n) is 1.75. The van der Waals surface area contributed by atoms with Crippen molar-refractivity contribution in [3.63, 3.8) is 0 Å². The molecule has 0 saturated heterocycles. The summed E-state index contributed by atoms with van der Waals surface area (Å²) >= 11 is 1.71. The third kappa shape index (κ3) is 2.12. The Labute approximate surface area is 103 Å². The monoisotopic (exact) mass is 241 g/mol. The molecule has 0 aliphatic heterocycles. The first-order valence-electron chi connectivity index (χ1n) is 5.37. The van der Waals surface area contributed by atoms with Gasteiger partial charge in [-0.15, -0.1) is 11.3 Å². The Bertz CT molecular complexity index is 627. The van der Waals surface area contributed by atoms with Crippen LogP contribution in [0, 0.1) is 0 Å². The number of pyridine rings is 1. The van der Waals surface area contributed by atoms with Gasteiger partial charge in [0.1, 0.15) is 5.82 Å². The lowest BCUT2D eigenvalue weighted by atomic mass is 10.3. The van der Waals surface area contributed by atoms with Crippen LogP contribution in [0.25, 0.3) is 10.2 Å². The quantitative estimate of drug-likeness (QED) is 0.750. The van der Waals surface area contributed by atoms with Gasteiger partial charge in [-0.1, -0.05) is 18.2 Å². The van der Waals surface area contributed by atoms with Crippen LogP contribution in [0.15, 0.2) is 42.5 Å². The Morgan fingerprint density at radius 1 is 1.00 bits per heavy atom. The molecule has 0 radical (unpaired) electrons. The zero-order valence-corrected chi connectivity index (χ0v) is 9.95. The molecule has 4 heteroatoms. The van der Waals surface area contributed by atoms with Crippen molar-refractivity contribution in [2.45, 2.75) is 6.42 Å². The highest BCUT2D eigenvalue weighted by atomic mass is 32.1. The minimum Gasteiger partial charge on any atom is -0.384 e. The van der Waals surface area contributed by atoms with E-state index in [0.717, 1.165) is 22.6 Å². The normalized spacial score (nSPS) is 10.8. The molecule has 3 rings (SSSR count). The fourth-order valence-corrected chi connectivity index (χ4v) is 2.73. The summed E-state index contributed by atoms with van der Waals surface area (Å²) in [4.78, 5) is 8.86. The largest absolute Gasteiger partial charge is 0.384 e. The Hall–Kier alpha value is -1.94. The number of aromatic nitrogens is 2. The number of para-hydroxylation sites is 1. The molecule has 0 spiro atoms. The highest BCUT2D eigenvalue weighted by molar-refractivity contribution is 7.18. The maximum Gasteiger partial charge on any atom is 0.123 e. The summed E-state index contributed by atoms with van der Waals surface area (Å²) in [6.07, 6.45) is 0.740. The van der Waals surface area contributed by atoms with Crippen LogP contribution in [0.4, 0.5) is 5.82 Å². The van der Waals surface area contributed by atoms with Crippen LogP contribution in [-0.4, -0.2) is 9.97 Å². The van der Waals surface area contributed by atoms with E-state index in [-0.39, 0.29) is 0 Å². The summed E-state index contributed by atoms with van der Waals surface area (Å²) in [6, 6.07) is 13.8. The first kappa shape index (κ1) is 10.2. The molecule has 0 amide bonds. The predicted octanol–water partition coefficient (Wildman–Crippen LogP) is 2.86. The van der Waals surface area contributed by atoms with E-state index < -0.39 is 0 Å². The van der Waals surface area contributed by atoms with E-state index in [9.17, 15) is 0 Å². The van der Waals surface area contributed by atoms with Gasteiger partial charge in [-0.05, 0) is 24.3 Å². The third-order valence-electron chi connectivity index (χ3n) is 2.50. The number of benzene rings is 1. The van der Waals surface area contributed by atoms with Crippen LogP contribution in [0.1, 0.15) is 10.7 Å². The first-order chi connectivity index (χ1) is 8.31. The van der Waals surface area contributed by atoms with Crippen molar-refractivity contribution in [3.8, 4) is 0 Å². The van der Waals surface area contributed by atoms with E-state index in [1.54, 1.807) is 17.4 Å². The van der Waals surface area contributed by atoms with Gasteiger partial charge in [0, 0.05) is 12.1 Å². The van der Waals surface area contributed by atoms with Crippen molar-refractivity contribution in [3.05, 3.63) is 53.2 Å². The number of fused-ring (bicyclic) bond motifs is 1. The van der Waals surface area contributed by atoms with Gasteiger partial charge < -0.3 is 5.73 Å². The number of rotatable bonds is 2. The summed E-state index contributed by atoms with van der Waals surface area (Å²) in [5, 5.41) is 1.07. The molecular formula is C13H11N3S. The smallest absolute Gasteiger partial charge is 0.123 e.